The number of carbonyl (C=O) groups excluding carboxylic acids is 3. The first-order valence-electron chi connectivity index (χ1n) is 4.99. The van der Waals surface area contributed by atoms with Gasteiger partial charge in [0, 0.05) is 20.3 Å². The van der Waals surface area contributed by atoms with Crippen LogP contribution in [0.15, 0.2) is 0 Å². The summed E-state index contributed by atoms with van der Waals surface area (Å²) in [6.07, 6.45) is 0.697. The maximum atomic E-state index is 11.3. The lowest BCUT2D eigenvalue weighted by Gasteiger charge is -2.11. The molecule has 7 nitrogen and oxygen atoms in total. The second-order valence-electron chi connectivity index (χ2n) is 3.33. The average Bonchev–Trinajstić information content (AvgIpc) is 2.56. The van der Waals surface area contributed by atoms with Crippen molar-refractivity contribution in [3.63, 3.8) is 0 Å². The van der Waals surface area contributed by atoms with Crippen molar-refractivity contribution in [2.45, 2.75) is 6.42 Å². The number of rotatable bonds is 6. The molecule has 1 heterocycles. The molecule has 0 aromatic carbocycles. The Labute approximate surface area is 93.1 Å². The molecule has 0 unspecified atom stereocenters. The van der Waals surface area contributed by atoms with Gasteiger partial charge in [-0.2, -0.15) is 0 Å². The molecule has 16 heavy (non-hydrogen) atoms. The molecular formula is C9H15N3O4. The maximum Gasteiger partial charge on any atom is 0.325 e. The van der Waals surface area contributed by atoms with Gasteiger partial charge in [-0.15, -0.1) is 0 Å². The summed E-state index contributed by atoms with van der Waals surface area (Å²) in [6.45, 7) is 0.771. The number of amides is 4. The molecule has 0 aromatic heterocycles. The van der Waals surface area contributed by atoms with Gasteiger partial charge < -0.3 is 15.4 Å². The lowest BCUT2D eigenvalue weighted by Crippen LogP contribution is -2.41. The molecule has 1 fully saturated rings. The highest BCUT2D eigenvalue weighted by atomic mass is 16.5. The molecule has 0 spiro atoms. The van der Waals surface area contributed by atoms with Crippen LogP contribution < -0.4 is 10.6 Å². The van der Waals surface area contributed by atoms with E-state index in [1.54, 1.807) is 7.11 Å². The third kappa shape index (κ3) is 3.50. The number of hydrogen-bond acceptors (Lipinski definition) is 4. The molecule has 0 radical (unpaired) electrons. The second kappa shape index (κ2) is 6.06. The summed E-state index contributed by atoms with van der Waals surface area (Å²) in [7, 11) is 1.58. The molecule has 4 amide bonds. The summed E-state index contributed by atoms with van der Waals surface area (Å²) in [5.41, 5.74) is 0. The minimum atomic E-state index is -0.517. The van der Waals surface area contributed by atoms with E-state index in [1.165, 1.54) is 0 Å². The summed E-state index contributed by atoms with van der Waals surface area (Å²) in [5, 5.41) is 4.93. The lowest BCUT2D eigenvalue weighted by molar-refractivity contribution is -0.130. The fourth-order valence-corrected chi connectivity index (χ4v) is 1.26. The van der Waals surface area contributed by atoms with Gasteiger partial charge in [0.2, 0.25) is 5.91 Å². The highest BCUT2D eigenvalue weighted by Crippen LogP contribution is 1.97. The van der Waals surface area contributed by atoms with Crippen LogP contribution in [0.1, 0.15) is 6.42 Å². The third-order valence-corrected chi connectivity index (χ3v) is 2.09. The zero-order valence-electron chi connectivity index (χ0n) is 9.12. The van der Waals surface area contributed by atoms with Gasteiger partial charge >= 0.3 is 6.03 Å². The fraction of sp³-hybridized carbons (Fsp3) is 0.667. The molecular weight excluding hydrogens is 214 g/mol. The van der Waals surface area contributed by atoms with Crippen LogP contribution in [0.2, 0.25) is 0 Å². The third-order valence-electron chi connectivity index (χ3n) is 2.09. The van der Waals surface area contributed by atoms with Crippen molar-refractivity contribution >= 4 is 17.8 Å². The zero-order chi connectivity index (χ0) is 12.0. The Hall–Kier alpha value is -1.63. The van der Waals surface area contributed by atoms with Crippen molar-refractivity contribution in [1.29, 1.82) is 0 Å². The van der Waals surface area contributed by atoms with Gasteiger partial charge in [0.05, 0.1) is 6.54 Å². The summed E-state index contributed by atoms with van der Waals surface area (Å²) in [4.78, 5) is 34.5. The van der Waals surface area contributed by atoms with E-state index in [4.69, 9.17) is 4.74 Å². The van der Waals surface area contributed by atoms with Gasteiger partial charge in [-0.05, 0) is 6.42 Å². The summed E-state index contributed by atoms with van der Waals surface area (Å²) < 4.78 is 4.81. The molecule has 7 heteroatoms. The maximum absolute atomic E-state index is 11.3. The van der Waals surface area contributed by atoms with Crippen LogP contribution in [0.5, 0.6) is 0 Å². The van der Waals surface area contributed by atoms with Crippen LogP contribution in [-0.2, 0) is 14.3 Å². The van der Waals surface area contributed by atoms with E-state index in [0.29, 0.717) is 19.6 Å². The number of hydrogen-bond donors (Lipinski definition) is 2. The highest BCUT2D eigenvalue weighted by Gasteiger charge is 2.29. The Morgan fingerprint density at radius 2 is 2.31 bits per heavy atom. The number of imide groups is 1. The van der Waals surface area contributed by atoms with Crippen molar-refractivity contribution in [2.75, 3.05) is 33.4 Å². The number of carbonyl (C=O) groups is 3. The minimum absolute atomic E-state index is 0.0320. The van der Waals surface area contributed by atoms with E-state index < -0.39 is 6.03 Å². The Bertz CT molecular complexity index is 276. The van der Waals surface area contributed by atoms with Crippen LogP contribution >= 0.6 is 0 Å². The number of nitrogens with zero attached hydrogens (tertiary/aromatic N) is 1. The van der Waals surface area contributed by atoms with Crippen LogP contribution in [-0.4, -0.2) is 56.1 Å². The SMILES string of the molecule is COCCCNC(=O)CN1C(=O)CNC1=O. The molecule has 0 aromatic rings. The van der Waals surface area contributed by atoms with Crippen molar-refractivity contribution in [3.05, 3.63) is 0 Å². The van der Waals surface area contributed by atoms with E-state index in [2.05, 4.69) is 10.6 Å². The van der Waals surface area contributed by atoms with Gasteiger partial charge in [-0.3, -0.25) is 14.5 Å². The fourth-order valence-electron chi connectivity index (χ4n) is 1.26. The topological polar surface area (TPSA) is 87.7 Å². The molecule has 0 bridgehead atoms. The van der Waals surface area contributed by atoms with Crippen molar-refractivity contribution in [1.82, 2.24) is 15.5 Å². The predicted octanol–water partition coefficient (Wildman–Crippen LogP) is -1.31. The first-order chi connectivity index (χ1) is 7.65. The Morgan fingerprint density at radius 1 is 1.56 bits per heavy atom. The molecule has 0 saturated carbocycles. The Kier molecular flexibility index (Phi) is 4.71. The van der Waals surface area contributed by atoms with Crippen molar-refractivity contribution in [2.24, 2.45) is 0 Å². The van der Waals surface area contributed by atoms with Gasteiger partial charge in [0.1, 0.15) is 6.54 Å². The number of methoxy groups -OCH3 is 1. The van der Waals surface area contributed by atoms with Gasteiger partial charge in [0.25, 0.3) is 5.91 Å². The summed E-state index contributed by atoms with van der Waals surface area (Å²) in [5.74, 6) is -0.724. The predicted molar refractivity (Wildman–Crippen MR) is 54.6 cm³/mol. The largest absolute Gasteiger partial charge is 0.385 e. The van der Waals surface area contributed by atoms with E-state index in [9.17, 15) is 14.4 Å². The second-order valence-corrected chi connectivity index (χ2v) is 3.33. The van der Waals surface area contributed by atoms with Crippen LogP contribution in [0.3, 0.4) is 0 Å². The van der Waals surface area contributed by atoms with Crippen LogP contribution in [0, 0.1) is 0 Å². The monoisotopic (exact) mass is 229 g/mol. The standard InChI is InChI=1S/C9H15N3O4/c1-16-4-2-3-10-7(13)6-12-8(14)5-11-9(12)15/h2-6H2,1H3,(H,10,13)(H,11,15). The van der Waals surface area contributed by atoms with Gasteiger partial charge in [0.15, 0.2) is 0 Å². The molecule has 1 rings (SSSR count). The molecule has 0 atom stereocenters. The smallest absolute Gasteiger partial charge is 0.325 e. The molecule has 1 saturated heterocycles. The van der Waals surface area contributed by atoms with Gasteiger partial charge in [-0.1, -0.05) is 0 Å². The van der Waals surface area contributed by atoms with Crippen molar-refractivity contribution in [3.8, 4) is 0 Å². The first-order valence-corrected chi connectivity index (χ1v) is 4.99. The molecule has 1 aliphatic rings. The normalized spacial score (nSPS) is 15.2. The number of nitrogens with one attached hydrogen (secondary N) is 2. The van der Waals surface area contributed by atoms with E-state index >= 15 is 0 Å². The van der Waals surface area contributed by atoms with Crippen LogP contribution in [0.4, 0.5) is 4.79 Å². The zero-order valence-corrected chi connectivity index (χ0v) is 9.12. The first kappa shape index (κ1) is 12.4. The van der Waals surface area contributed by atoms with E-state index in [1.807, 2.05) is 0 Å². The quantitative estimate of drug-likeness (QED) is 0.437. The Balaban J connectivity index is 2.23. The van der Waals surface area contributed by atoms with Crippen LogP contribution in [0.25, 0.3) is 0 Å². The summed E-state index contributed by atoms with van der Waals surface area (Å²) in [6, 6.07) is -0.517. The van der Waals surface area contributed by atoms with E-state index in [-0.39, 0.29) is 24.9 Å². The molecule has 1 aliphatic heterocycles. The number of ether oxygens (including phenoxy) is 1. The average molecular weight is 229 g/mol. The molecule has 2 N–H and O–H groups in total. The molecule has 0 aliphatic carbocycles. The molecule has 90 valence electrons. The number of urea groups is 1. The highest BCUT2D eigenvalue weighted by molar-refractivity contribution is 6.04. The summed E-state index contributed by atoms with van der Waals surface area (Å²) >= 11 is 0. The van der Waals surface area contributed by atoms with E-state index in [0.717, 1.165) is 4.90 Å². The minimum Gasteiger partial charge on any atom is -0.385 e. The van der Waals surface area contributed by atoms with Crippen molar-refractivity contribution < 1.29 is 19.1 Å². The van der Waals surface area contributed by atoms with Gasteiger partial charge in [-0.25, -0.2) is 4.79 Å². The lowest BCUT2D eigenvalue weighted by atomic mass is 10.4. The Morgan fingerprint density at radius 3 is 2.88 bits per heavy atom.